The lowest BCUT2D eigenvalue weighted by Gasteiger charge is -2.18. The molecule has 0 aromatic carbocycles. The highest BCUT2D eigenvalue weighted by Gasteiger charge is 2.19. The van der Waals surface area contributed by atoms with Gasteiger partial charge in [-0.25, -0.2) is 0 Å². The van der Waals surface area contributed by atoms with Crippen LogP contribution in [0.1, 0.15) is 412 Å². The van der Waals surface area contributed by atoms with Crippen LogP contribution in [0.3, 0.4) is 0 Å². The molecule has 0 saturated heterocycles. The van der Waals surface area contributed by atoms with Crippen LogP contribution in [0.2, 0.25) is 0 Å². The van der Waals surface area contributed by atoms with E-state index in [4.69, 9.17) is 14.2 Å². The third kappa shape index (κ3) is 66.7. The van der Waals surface area contributed by atoms with E-state index < -0.39 is 6.10 Å². The van der Waals surface area contributed by atoms with Gasteiger partial charge >= 0.3 is 17.9 Å². The van der Waals surface area contributed by atoms with Crippen LogP contribution in [0, 0.1) is 0 Å². The summed E-state index contributed by atoms with van der Waals surface area (Å²) in [6, 6.07) is 0. The monoisotopic (exact) mass is 1130 g/mol. The lowest BCUT2D eigenvalue weighted by Crippen LogP contribution is -2.30. The van der Waals surface area contributed by atoms with Crippen molar-refractivity contribution in [3.8, 4) is 0 Å². The molecule has 0 fully saturated rings. The molecule has 0 amide bonds. The molecule has 0 aliphatic heterocycles. The van der Waals surface area contributed by atoms with Gasteiger partial charge in [0.15, 0.2) is 6.10 Å². The van der Waals surface area contributed by atoms with E-state index in [9.17, 15) is 14.4 Å². The Labute approximate surface area is 500 Å². The molecule has 0 N–H and O–H groups in total. The van der Waals surface area contributed by atoms with E-state index in [-0.39, 0.29) is 31.1 Å². The van der Waals surface area contributed by atoms with E-state index >= 15 is 0 Å². The Hall–Kier alpha value is -2.11. The third-order valence-corrected chi connectivity index (χ3v) is 16.7. The first-order valence-electron chi connectivity index (χ1n) is 36.3. The molecule has 6 heteroatoms. The van der Waals surface area contributed by atoms with Gasteiger partial charge in [0.25, 0.3) is 0 Å². The first kappa shape index (κ1) is 77.9. The molecule has 0 aliphatic carbocycles. The summed E-state index contributed by atoms with van der Waals surface area (Å²) in [5.74, 6) is -0.834. The number of allylic oxidation sites excluding steroid dienone is 4. The fourth-order valence-electron chi connectivity index (χ4n) is 11.2. The Bertz CT molecular complexity index is 1290. The second-order valence-corrected chi connectivity index (χ2v) is 24.9. The summed E-state index contributed by atoms with van der Waals surface area (Å²) >= 11 is 0. The Morgan fingerprint density at radius 2 is 0.450 bits per heavy atom. The molecule has 80 heavy (non-hydrogen) atoms. The van der Waals surface area contributed by atoms with Crippen LogP contribution >= 0.6 is 0 Å². The SMILES string of the molecule is CCCCCCC/C=C\C/C=C\CCCCCCCCCCCCCCCCCCCC(=O)OCC(COC(=O)CCCCCCCCCCC)OC(=O)CCCCCCCCCCCCCCCCCCCCCCCCCC. The third-order valence-electron chi connectivity index (χ3n) is 16.7. The van der Waals surface area contributed by atoms with Gasteiger partial charge in [0.05, 0.1) is 0 Å². The van der Waals surface area contributed by atoms with E-state index in [1.165, 1.54) is 308 Å². The molecule has 1 unspecified atom stereocenters. The molecule has 0 rings (SSSR count). The number of hydrogen-bond donors (Lipinski definition) is 0. The van der Waals surface area contributed by atoms with Gasteiger partial charge in [-0.3, -0.25) is 14.4 Å². The Morgan fingerprint density at radius 3 is 0.688 bits per heavy atom. The number of ether oxygens (including phenoxy) is 3. The number of hydrogen-bond acceptors (Lipinski definition) is 6. The lowest BCUT2D eigenvalue weighted by molar-refractivity contribution is -0.167. The van der Waals surface area contributed by atoms with Crippen molar-refractivity contribution in [2.75, 3.05) is 13.2 Å². The topological polar surface area (TPSA) is 78.9 Å². The van der Waals surface area contributed by atoms with Crippen LogP contribution in [-0.4, -0.2) is 37.2 Å². The van der Waals surface area contributed by atoms with Crippen LogP contribution < -0.4 is 0 Å². The second kappa shape index (κ2) is 69.4. The molecule has 0 heterocycles. The molecule has 6 nitrogen and oxygen atoms in total. The van der Waals surface area contributed by atoms with E-state index in [1.807, 2.05) is 0 Å². The molecule has 0 radical (unpaired) electrons. The summed E-state index contributed by atoms with van der Waals surface area (Å²) in [6.45, 7) is 6.69. The minimum Gasteiger partial charge on any atom is -0.462 e. The normalized spacial score (nSPS) is 12.1. The van der Waals surface area contributed by atoms with E-state index in [1.54, 1.807) is 0 Å². The fraction of sp³-hybridized carbons (Fsp3) is 0.905. The maximum atomic E-state index is 12.9. The number of carbonyl (C=O) groups is 3. The molecule has 472 valence electrons. The van der Waals surface area contributed by atoms with Crippen LogP contribution in [0.25, 0.3) is 0 Å². The van der Waals surface area contributed by atoms with Crippen LogP contribution in [0.15, 0.2) is 24.3 Å². The fourth-order valence-corrected chi connectivity index (χ4v) is 11.2. The lowest BCUT2D eigenvalue weighted by atomic mass is 10.0. The first-order valence-corrected chi connectivity index (χ1v) is 36.3. The summed E-state index contributed by atoms with van der Waals surface area (Å²) in [6.07, 6.45) is 85.2. The van der Waals surface area contributed by atoms with Crippen molar-refractivity contribution in [2.24, 2.45) is 0 Å². The average molecular weight is 1130 g/mol. The second-order valence-electron chi connectivity index (χ2n) is 24.9. The van der Waals surface area contributed by atoms with Crippen molar-refractivity contribution in [3.05, 3.63) is 24.3 Å². The molecular weight excluding hydrogens is 985 g/mol. The molecule has 0 aliphatic rings. The number of rotatable bonds is 68. The summed E-state index contributed by atoms with van der Waals surface area (Å²) in [4.78, 5) is 38.3. The summed E-state index contributed by atoms with van der Waals surface area (Å²) < 4.78 is 17.0. The van der Waals surface area contributed by atoms with Gasteiger partial charge in [-0.2, -0.15) is 0 Å². The zero-order valence-corrected chi connectivity index (χ0v) is 54.4. The van der Waals surface area contributed by atoms with Crippen molar-refractivity contribution in [1.82, 2.24) is 0 Å². The van der Waals surface area contributed by atoms with Gasteiger partial charge in [0.2, 0.25) is 0 Å². The molecular formula is C74H140O6. The minimum atomic E-state index is -0.766. The predicted octanol–water partition coefficient (Wildman–Crippen LogP) is 25.0. The molecule has 0 spiro atoms. The Kier molecular flexibility index (Phi) is 67.6. The first-order chi connectivity index (χ1) is 39.5. The van der Waals surface area contributed by atoms with Gasteiger partial charge in [-0.15, -0.1) is 0 Å². The maximum absolute atomic E-state index is 12.9. The van der Waals surface area contributed by atoms with Gasteiger partial charge in [0, 0.05) is 19.3 Å². The van der Waals surface area contributed by atoms with Gasteiger partial charge in [-0.1, -0.05) is 366 Å². The summed E-state index contributed by atoms with van der Waals surface area (Å²) in [5, 5.41) is 0. The molecule has 1 atom stereocenters. The van der Waals surface area contributed by atoms with Crippen molar-refractivity contribution in [2.45, 2.75) is 419 Å². The zero-order valence-electron chi connectivity index (χ0n) is 54.4. The molecule has 0 aromatic rings. The Morgan fingerprint density at radius 1 is 0.250 bits per heavy atom. The minimum absolute atomic E-state index is 0.0639. The number of esters is 3. The van der Waals surface area contributed by atoms with Crippen LogP contribution in [0.5, 0.6) is 0 Å². The van der Waals surface area contributed by atoms with E-state index in [2.05, 4.69) is 45.1 Å². The Balaban J connectivity index is 4.07. The average Bonchev–Trinajstić information content (AvgIpc) is 3.46. The molecule has 0 bridgehead atoms. The van der Waals surface area contributed by atoms with Crippen molar-refractivity contribution in [3.63, 3.8) is 0 Å². The van der Waals surface area contributed by atoms with Crippen LogP contribution in [0.4, 0.5) is 0 Å². The highest BCUT2D eigenvalue weighted by atomic mass is 16.6. The zero-order chi connectivity index (χ0) is 57.8. The molecule has 0 saturated carbocycles. The van der Waals surface area contributed by atoms with Gasteiger partial charge < -0.3 is 14.2 Å². The van der Waals surface area contributed by atoms with Gasteiger partial charge in [-0.05, 0) is 51.4 Å². The van der Waals surface area contributed by atoms with E-state index in [0.717, 1.165) is 64.2 Å². The molecule has 0 aromatic heterocycles. The number of carbonyl (C=O) groups excluding carboxylic acids is 3. The van der Waals surface area contributed by atoms with Gasteiger partial charge in [0.1, 0.15) is 13.2 Å². The van der Waals surface area contributed by atoms with Crippen molar-refractivity contribution in [1.29, 1.82) is 0 Å². The van der Waals surface area contributed by atoms with Crippen molar-refractivity contribution < 1.29 is 28.6 Å². The highest BCUT2D eigenvalue weighted by molar-refractivity contribution is 5.71. The predicted molar refractivity (Wildman–Crippen MR) is 349 cm³/mol. The van der Waals surface area contributed by atoms with E-state index in [0.29, 0.717) is 19.3 Å². The van der Waals surface area contributed by atoms with Crippen LogP contribution in [-0.2, 0) is 28.6 Å². The summed E-state index contributed by atoms with van der Waals surface area (Å²) in [5.41, 5.74) is 0. The smallest absolute Gasteiger partial charge is 0.306 e. The summed E-state index contributed by atoms with van der Waals surface area (Å²) in [7, 11) is 0. The quantitative estimate of drug-likeness (QED) is 0.0261. The standard InChI is InChI=1S/C74H140O6/c1-4-7-10-13-16-19-21-23-25-27-29-31-33-35-36-37-38-39-41-42-44-46-48-50-52-55-58-61-64-67-73(76)79-70-71(69-78-72(75)66-63-60-57-54-18-15-12-9-6-3)80-74(77)68-65-62-59-56-53-51-49-47-45-43-40-34-32-30-28-26-24-22-20-17-14-11-8-5-2/h21,23,27,29,71H,4-20,22,24-26,28,30-70H2,1-3H3/b23-21-,29-27-. The highest BCUT2D eigenvalue weighted by Crippen LogP contribution is 2.19. The van der Waals surface area contributed by atoms with Crippen molar-refractivity contribution >= 4 is 17.9 Å². The number of unbranched alkanes of at least 4 members (excludes halogenated alkanes) is 53. The maximum Gasteiger partial charge on any atom is 0.306 e. The largest absolute Gasteiger partial charge is 0.462 e.